The Balaban J connectivity index is 2.97. The summed E-state index contributed by atoms with van der Waals surface area (Å²) < 4.78 is 0. The first kappa shape index (κ1) is 19.5. The molecule has 0 aromatic heterocycles. The molecule has 130 valence electrons. The topological polar surface area (TPSA) is 95.6 Å². The van der Waals surface area contributed by atoms with E-state index in [0.29, 0.717) is 31.5 Å². The first-order valence-corrected chi connectivity index (χ1v) is 7.66. The Morgan fingerprint density at radius 2 is 2.04 bits per heavy atom. The van der Waals surface area contributed by atoms with Gasteiger partial charge < -0.3 is 15.4 Å². The molecule has 1 unspecified atom stereocenters. The second kappa shape index (κ2) is 10.3. The molecule has 0 aliphatic carbocycles. The van der Waals surface area contributed by atoms with Crippen LogP contribution in [0.5, 0.6) is 0 Å². The zero-order chi connectivity index (χ0) is 17.9. The maximum Gasteiger partial charge on any atom is 0.237 e. The summed E-state index contributed by atoms with van der Waals surface area (Å²) in [6.45, 7) is 0.739. The molecule has 7 nitrogen and oxygen atoms in total. The van der Waals surface area contributed by atoms with Gasteiger partial charge in [0.1, 0.15) is 12.6 Å². The largest absolute Gasteiger partial charge is 0.358 e. The average Bonchev–Trinajstić information content (AvgIpc) is 2.60. The molecule has 0 fully saturated rings. The summed E-state index contributed by atoms with van der Waals surface area (Å²) in [6.07, 6.45) is 2.85. The third kappa shape index (κ3) is 5.58. The third-order valence-corrected chi connectivity index (χ3v) is 3.78. The molecule has 0 saturated carbocycles. The van der Waals surface area contributed by atoms with Crippen LogP contribution in [0, 0.1) is 0 Å². The van der Waals surface area contributed by atoms with E-state index < -0.39 is 6.04 Å². The Morgan fingerprint density at radius 3 is 2.62 bits per heavy atom. The highest BCUT2D eigenvalue weighted by Crippen LogP contribution is 2.16. The van der Waals surface area contributed by atoms with Crippen molar-refractivity contribution in [3.8, 4) is 0 Å². The number of nitrogens with one attached hydrogen (secondary N) is 2. The van der Waals surface area contributed by atoms with Crippen LogP contribution in [0.15, 0.2) is 18.2 Å². The van der Waals surface area contributed by atoms with Gasteiger partial charge in [0.2, 0.25) is 12.3 Å². The fourth-order valence-corrected chi connectivity index (χ4v) is 2.50. The van der Waals surface area contributed by atoms with E-state index in [-0.39, 0.29) is 12.3 Å². The number of benzene rings is 1. The molecule has 7 heteroatoms. The number of hydrogen-bond donors (Lipinski definition) is 2. The molecular formula is C17H23N3O4. The van der Waals surface area contributed by atoms with Gasteiger partial charge in [-0.25, -0.2) is 0 Å². The molecule has 2 N–H and O–H groups in total. The quantitative estimate of drug-likeness (QED) is 0.567. The van der Waals surface area contributed by atoms with E-state index in [1.54, 1.807) is 26.2 Å². The molecule has 0 radical (unpaired) electrons. The van der Waals surface area contributed by atoms with E-state index in [1.807, 2.05) is 11.0 Å². The van der Waals surface area contributed by atoms with Crippen LogP contribution >= 0.6 is 0 Å². The molecule has 1 rings (SSSR count). The molecule has 0 aliphatic heterocycles. The summed E-state index contributed by atoms with van der Waals surface area (Å²) >= 11 is 0. The SMILES string of the molecule is CNC(=O)C(CCC=O)N(C)Cc1cc(CNC=O)ccc1C=O. The number of hydrogen-bond acceptors (Lipinski definition) is 5. The highest BCUT2D eigenvalue weighted by atomic mass is 16.2. The van der Waals surface area contributed by atoms with Gasteiger partial charge in [-0.15, -0.1) is 0 Å². The standard InChI is InChI=1S/C17H23N3O4/c1-18-17(24)16(4-3-7-21)20(2)10-15-8-13(9-19-12-23)5-6-14(15)11-22/h5-8,11-12,16H,3-4,9-10H2,1-2H3,(H,18,24)(H,19,23). The van der Waals surface area contributed by atoms with Crippen LogP contribution in [0.4, 0.5) is 0 Å². The van der Waals surface area contributed by atoms with Gasteiger partial charge in [0.25, 0.3) is 0 Å². The number of nitrogens with zero attached hydrogens (tertiary/aromatic N) is 1. The number of carbonyl (C=O) groups excluding carboxylic acids is 4. The van der Waals surface area contributed by atoms with E-state index in [9.17, 15) is 19.2 Å². The predicted octanol–water partition coefficient (Wildman–Crippen LogP) is 0.271. The second-order valence-electron chi connectivity index (χ2n) is 5.44. The van der Waals surface area contributed by atoms with Crippen molar-refractivity contribution < 1.29 is 19.2 Å². The van der Waals surface area contributed by atoms with Gasteiger partial charge in [-0.2, -0.15) is 0 Å². The summed E-state index contributed by atoms with van der Waals surface area (Å²) in [5.74, 6) is -0.175. The Hall–Kier alpha value is -2.54. The van der Waals surface area contributed by atoms with Gasteiger partial charge >= 0.3 is 0 Å². The van der Waals surface area contributed by atoms with Crippen molar-refractivity contribution in [1.82, 2.24) is 15.5 Å². The molecule has 0 bridgehead atoms. The van der Waals surface area contributed by atoms with Crippen molar-refractivity contribution in [3.63, 3.8) is 0 Å². The Bertz CT molecular complexity index is 589. The lowest BCUT2D eigenvalue weighted by molar-refractivity contribution is -0.126. The molecule has 0 aliphatic rings. The molecule has 0 heterocycles. The lowest BCUT2D eigenvalue weighted by Crippen LogP contribution is -2.43. The molecule has 2 amide bonds. The second-order valence-corrected chi connectivity index (χ2v) is 5.44. The van der Waals surface area contributed by atoms with Crippen molar-refractivity contribution in [2.24, 2.45) is 0 Å². The van der Waals surface area contributed by atoms with Crippen LogP contribution in [-0.4, -0.2) is 49.9 Å². The maximum atomic E-state index is 12.0. The van der Waals surface area contributed by atoms with E-state index in [0.717, 1.165) is 23.7 Å². The normalized spacial score (nSPS) is 11.6. The highest BCUT2D eigenvalue weighted by molar-refractivity contribution is 5.82. The van der Waals surface area contributed by atoms with Crippen molar-refractivity contribution in [3.05, 3.63) is 34.9 Å². The van der Waals surface area contributed by atoms with E-state index in [4.69, 9.17) is 0 Å². The Kier molecular flexibility index (Phi) is 8.35. The Labute approximate surface area is 141 Å². The Morgan fingerprint density at radius 1 is 1.29 bits per heavy atom. The number of rotatable bonds is 11. The zero-order valence-corrected chi connectivity index (χ0v) is 14.0. The van der Waals surface area contributed by atoms with E-state index in [1.165, 1.54) is 0 Å². The maximum absolute atomic E-state index is 12.0. The predicted molar refractivity (Wildman–Crippen MR) is 89.4 cm³/mol. The molecule has 0 saturated heterocycles. The van der Waals surface area contributed by atoms with Gasteiger partial charge in [0.05, 0.1) is 6.04 Å². The van der Waals surface area contributed by atoms with Gasteiger partial charge in [0.15, 0.2) is 0 Å². The minimum atomic E-state index is -0.462. The third-order valence-electron chi connectivity index (χ3n) is 3.78. The number of carbonyl (C=O) groups is 4. The summed E-state index contributed by atoms with van der Waals surface area (Å²) in [5.41, 5.74) is 2.15. The van der Waals surface area contributed by atoms with Gasteiger partial charge in [-0.3, -0.25) is 19.3 Å². The zero-order valence-electron chi connectivity index (χ0n) is 14.0. The molecule has 0 spiro atoms. The molecular weight excluding hydrogens is 310 g/mol. The lowest BCUT2D eigenvalue weighted by atomic mass is 10.0. The van der Waals surface area contributed by atoms with E-state index >= 15 is 0 Å². The number of likely N-dealkylation sites (N-methyl/N-ethyl adjacent to an activating group) is 2. The molecule has 1 atom stereocenters. The number of amides is 2. The molecule has 1 aromatic carbocycles. The lowest BCUT2D eigenvalue weighted by Gasteiger charge is -2.27. The van der Waals surface area contributed by atoms with E-state index in [2.05, 4.69) is 10.6 Å². The fourth-order valence-electron chi connectivity index (χ4n) is 2.50. The average molecular weight is 333 g/mol. The van der Waals surface area contributed by atoms with Crippen LogP contribution < -0.4 is 10.6 Å². The van der Waals surface area contributed by atoms with Crippen molar-refractivity contribution in [2.75, 3.05) is 14.1 Å². The van der Waals surface area contributed by atoms with Crippen LogP contribution in [-0.2, 0) is 27.5 Å². The molecule has 1 aromatic rings. The summed E-state index contributed by atoms with van der Waals surface area (Å²) in [4.78, 5) is 46.1. The number of aldehydes is 2. The van der Waals surface area contributed by atoms with Crippen molar-refractivity contribution in [2.45, 2.75) is 32.0 Å². The summed E-state index contributed by atoms with van der Waals surface area (Å²) in [6, 6.07) is 4.83. The van der Waals surface area contributed by atoms with Gasteiger partial charge in [-0.05, 0) is 24.6 Å². The first-order valence-electron chi connectivity index (χ1n) is 7.66. The van der Waals surface area contributed by atoms with Crippen molar-refractivity contribution >= 4 is 24.9 Å². The van der Waals surface area contributed by atoms with Crippen LogP contribution in [0.25, 0.3) is 0 Å². The fraction of sp³-hybridized carbons (Fsp3) is 0.412. The monoisotopic (exact) mass is 333 g/mol. The molecule has 24 heavy (non-hydrogen) atoms. The smallest absolute Gasteiger partial charge is 0.237 e. The van der Waals surface area contributed by atoms with Crippen molar-refractivity contribution in [1.29, 1.82) is 0 Å². The van der Waals surface area contributed by atoms with Gasteiger partial charge in [0, 0.05) is 32.1 Å². The minimum absolute atomic E-state index is 0.175. The van der Waals surface area contributed by atoms with Gasteiger partial charge in [-0.1, -0.05) is 18.2 Å². The highest BCUT2D eigenvalue weighted by Gasteiger charge is 2.22. The summed E-state index contributed by atoms with van der Waals surface area (Å²) in [5, 5.41) is 5.17. The minimum Gasteiger partial charge on any atom is -0.358 e. The summed E-state index contributed by atoms with van der Waals surface area (Å²) in [7, 11) is 3.32. The van der Waals surface area contributed by atoms with Crippen LogP contribution in [0.2, 0.25) is 0 Å². The van der Waals surface area contributed by atoms with Crippen LogP contribution in [0.3, 0.4) is 0 Å². The first-order chi connectivity index (χ1) is 11.6. The van der Waals surface area contributed by atoms with Crippen LogP contribution in [0.1, 0.15) is 34.3 Å².